The largest absolute Gasteiger partial charge is 0.489 e. The number of amides is 1. The Morgan fingerprint density at radius 3 is 2.33 bits per heavy atom. The number of esters is 1. The van der Waals surface area contributed by atoms with E-state index in [-0.39, 0.29) is 0 Å². The van der Waals surface area contributed by atoms with Crippen LogP contribution in [0.5, 0.6) is 5.75 Å². The average Bonchev–Trinajstić information content (AvgIpc) is 2.98. The lowest BCUT2D eigenvalue weighted by atomic mass is 9.97. The van der Waals surface area contributed by atoms with Gasteiger partial charge in [0.05, 0.1) is 16.8 Å². The summed E-state index contributed by atoms with van der Waals surface area (Å²) in [4.78, 5) is 30.8. The molecule has 5 rings (SSSR count). The molecule has 0 aliphatic heterocycles. The first-order chi connectivity index (χ1) is 19.4. The number of fused-ring (bicyclic) bond motifs is 1. The van der Waals surface area contributed by atoms with Crippen LogP contribution in [0.4, 0.5) is 5.69 Å². The zero-order valence-electron chi connectivity index (χ0n) is 22.1. The zero-order valence-corrected chi connectivity index (χ0v) is 22.9. The normalized spacial score (nSPS) is 10.8. The first-order valence-electron chi connectivity index (χ1n) is 12.8. The number of benzene rings is 4. The van der Waals surface area contributed by atoms with Gasteiger partial charge in [-0.2, -0.15) is 0 Å². The van der Waals surface area contributed by atoms with Crippen molar-refractivity contribution in [2.75, 3.05) is 11.9 Å². The van der Waals surface area contributed by atoms with Crippen molar-refractivity contribution in [1.82, 2.24) is 4.98 Å². The minimum Gasteiger partial charge on any atom is -0.489 e. The monoisotopic (exact) mass is 550 g/mol. The first-order valence-corrected chi connectivity index (χ1v) is 13.2. The summed E-state index contributed by atoms with van der Waals surface area (Å²) in [7, 11) is 0. The standard InChI is InChI=1S/C33H27ClN2O4/c1-21-27(34)12-8-14-28(21)35-30(37)20-40-33(38)31-22(2)32(36-29-13-7-6-11-26(29)31)24-15-17-25(18-16-24)39-19-23-9-4-3-5-10-23/h3-18H,19-20H2,1-2H3,(H,35,37). The van der Waals surface area contributed by atoms with E-state index in [9.17, 15) is 9.59 Å². The van der Waals surface area contributed by atoms with E-state index in [4.69, 9.17) is 26.1 Å². The van der Waals surface area contributed by atoms with E-state index in [1.807, 2.05) is 85.8 Å². The Labute approximate surface area is 237 Å². The summed E-state index contributed by atoms with van der Waals surface area (Å²) in [5, 5.41) is 3.94. The molecular weight excluding hydrogens is 524 g/mol. The van der Waals surface area contributed by atoms with Crippen LogP contribution >= 0.6 is 11.6 Å². The Kier molecular flexibility index (Phi) is 8.08. The van der Waals surface area contributed by atoms with Crippen LogP contribution < -0.4 is 10.1 Å². The summed E-state index contributed by atoms with van der Waals surface area (Å²) in [6, 6.07) is 30.2. The van der Waals surface area contributed by atoms with Crippen molar-refractivity contribution < 1.29 is 19.1 Å². The Hall–Kier alpha value is -4.68. The molecule has 1 N–H and O–H groups in total. The summed E-state index contributed by atoms with van der Waals surface area (Å²) < 4.78 is 11.4. The summed E-state index contributed by atoms with van der Waals surface area (Å²) in [6.07, 6.45) is 0. The highest BCUT2D eigenvalue weighted by Gasteiger charge is 2.21. The van der Waals surface area contributed by atoms with Crippen LogP contribution in [0.2, 0.25) is 5.02 Å². The minimum absolute atomic E-state index is 0.372. The Balaban J connectivity index is 1.36. The van der Waals surface area contributed by atoms with E-state index in [0.29, 0.717) is 45.0 Å². The molecule has 7 heteroatoms. The fourth-order valence-corrected chi connectivity index (χ4v) is 4.61. The van der Waals surface area contributed by atoms with Crippen LogP contribution in [-0.4, -0.2) is 23.5 Å². The number of aromatic nitrogens is 1. The first kappa shape index (κ1) is 26.9. The van der Waals surface area contributed by atoms with Crippen molar-refractivity contribution in [2.45, 2.75) is 20.5 Å². The SMILES string of the molecule is Cc1c(Cl)cccc1NC(=O)COC(=O)c1c(C)c(-c2ccc(OCc3ccccc3)cc2)nc2ccccc12. The lowest BCUT2D eigenvalue weighted by Crippen LogP contribution is -2.22. The molecule has 0 radical (unpaired) electrons. The van der Waals surface area contributed by atoms with Crippen molar-refractivity contribution in [1.29, 1.82) is 0 Å². The highest BCUT2D eigenvalue weighted by atomic mass is 35.5. The van der Waals surface area contributed by atoms with Crippen molar-refractivity contribution in [2.24, 2.45) is 0 Å². The van der Waals surface area contributed by atoms with E-state index in [1.54, 1.807) is 25.1 Å². The van der Waals surface area contributed by atoms with Crippen LogP contribution in [0.1, 0.15) is 27.0 Å². The zero-order chi connectivity index (χ0) is 28.1. The average molecular weight is 551 g/mol. The van der Waals surface area contributed by atoms with E-state index in [2.05, 4.69) is 5.32 Å². The predicted molar refractivity (Wildman–Crippen MR) is 158 cm³/mol. The molecule has 0 bridgehead atoms. The van der Waals surface area contributed by atoms with E-state index in [0.717, 1.165) is 22.4 Å². The molecule has 0 unspecified atom stereocenters. The number of hydrogen-bond donors (Lipinski definition) is 1. The van der Waals surface area contributed by atoms with Gasteiger partial charge in [0.25, 0.3) is 5.91 Å². The fourth-order valence-electron chi connectivity index (χ4n) is 4.43. The van der Waals surface area contributed by atoms with Crippen LogP contribution in [0.25, 0.3) is 22.2 Å². The van der Waals surface area contributed by atoms with Gasteiger partial charge in [-0.15, -0.1) is 0 Å². The van der Waals surface area contributed by atoms with Gasteiger partial charge in [0.1, 0.15) is 12.4 Å². The number of carbonyl (C=O) groups excluding carboxylic acids is 2. The Morgan fingerprint density at radius 2 is 1.55 bits per heavy atom. The number of halogens is 1. The van der Waals surface area contributed by atoms with Crippen LogP contribution in [0, 0.1) is 13.8 Å². The summed E-state index contributed by atoms with van der Waals surface area (Å²) in [5.41, 5.74) is 5.55. The number of ether oxygens (including phenoxy) is 2. The topological polar surface area (TPSA) is 77.5 Å². The third-order valence-electron chi connectivity index (χ3n) is 6.59. The van der Waals surface area contributed by atoms with Gasteiger partial charge in [-0.25, -0.2) is 9.78 Å². The highest BCUT2D eigenvalue weighted by molar-refractivity contribution is 6.31. The van der Waals surface area contributed by atoms with E-state index < -0.39 is 18.5 Å². The molecule has 0 atom stereocenters. The maximum Gasteiger partial charge on any atom is 0.339 e. The molecule has 40 heavy (non-hydrogen) atoms. The number of pyridine rings is 1. The molecule has 4 aromatic carbocycles. The van der Waals surface area contributed by atoms with Gasteiger partial charge in [0.2, 0.25) is 0 Å². The van der Waals surface area contributed by atoms with Crippen LogP contribution in [-0.2, 0) is 16.1 Å². The number of para-hydroxylation sites is 1. The Bertz CT molecular complexity index is 1690. The predicted octanol–water partition coefficient (Wildman–Crippen LogP) is 7.55. The highest BCUT2D eigenvalue weighted by Crippen LogP contribution is 2.31. The van der Waals surface area contributed by atoms with Crippen molar-refractivity contribution in [3.8, 4) is 17.0 Å². The lowest BCUT2D eigenvalue weighted by Gasteiger charge is -2.15. The molecule has 6 nitrogen and oxygen atoms in total. The molecule has 200 valence electrons. The fraction of sp³-hybridized carbons (Fsp3) is 0.121. The molecule has 0 aliphatic rings. The van der Waals surface area contributed by atoms with Gasteiger partial charge >= 0.3 is 5.97 Å². The second kappa shape index (κ2) is 12.0. The molecule has 5 aromatic rings. The Morgan fingerprint density at radius 1 is 0.825 bits per heavy atom. The third-order valence-corrected chi connectivity index (χ3v) is 7.00. The lowest BCUT2D eigenvalue weighted by molar-refractivity contribution is -0.119. The minimum atomic E-state index is -0.599. The van der Waals surface area contributed by atoms with Crippen molar-refractivity contribution >= 4 is 40.1 Å². The molecule has 1 heterocycles. The smallest absolute Gasteiger partial charge is 0.339 e. The molecule has 0 saturated carbocycles. The van der Waals surface area contributed by atoms with Gasteiger partial charge in [0, 0.05) is 21.7 Å². The summed E-state index contributed by atoms with van der Waals surface area (Å²) >= 11 is 6.14. The maximum atomic E-state index is 13.3. The molecule has 1 amide bonds. The molecule has 0 saturated heterocycles. The molecule has 0 spiro atoms. The van der Waals surface area contributed by atoms with Crippen molar-refractivity contribution in [3.63, 3.8) is 0 Å². The molecule has 0 fully saturated rings. The van der Waals surface area contributed by atoms with Gasteiger partial charge in [-0.1, -0.05) is 66.2 Å². The van der Waals surface area contributed by atoms with Gasteiger partial charge in [0.15, 0.2) is 6.61 Å². The number of carbonyl (C=O) groups is 2. The quantitative estimate of drug-likeness (QED) is 0.202. The second-order valence-electron chi connectivity index (χ2n) is 9.31. The van der Waals surface area contributed by atoms with Gasteiger partial charge in [-0.3, -0.25) is 4.79 Å². The summed E-state index contributed by atoms with van der Waals surface area (Å²) in [5.74, 6) is -0.328. The van der Waals surface area contributed by atoms with E-state index in [1.165, 1.54) is 0 Å². The molecular formula is C33H27ClN2O4. The molecule has 1 aromatic heterocycles. The number of rotatable bonds is 8. The molecule has 0 aliphatic carbocycles. The van der Waals surface area contributed by atoms with E-state index >= 15 is 0 Å². The van der Waals surface area contributed by atoms with Crippen LogP contribution in [0.3, 0.4) is 0 Å². The number of hydrogen-bond acceptors (Lipinski definition) is 5. The van der Waals surface area contributed by atoms with Crippen molar-refractivity contribution in [3.05, 3.63) is 124 Å². The van der Waals surface area contributed by atoms with Crippen LogP contribution in [0.15, 0.2) is 97.1 Å². The number of anilines is 1. The number of nitrogens with zero attached hydrogens (tertiary/aromatic N) is 1. The summed E-state index contributed by atoms with van der Waals surface area (Å²) in [6.45, 7) is 3.66. The van der Waals surface area contributed by atoms with Gasteiger partial charge in [-0.05, 0) is 73.0 Å². The third kappa shape index (κ3) is 5.98. The van der Waals surface area contributed by atoms with Gasteiger partial charge < -0.3 is 14.8 Å². The second-order valence-corrected chi connectivity index (χ2v) is 9.72. The maximum absolute atomic E-state index is 13.3. The number of nitrogens with one attached hydrogen (secondary N) is 1.